The fourth-order valence-electron chi connectivity index (χ4n) is 4.26. The van der Waals surface area contributed by atoms with Gasteiger partial charge in [-0.05, 0) is 49.3 Å². The number of rotatable bonds is 5. The Morgan fingerprint density at radius 1 is 1.21 bits per heavy atom. The molecular weight excluding hydrogens is 350 g/mol. The highest BCUT2D eigenvalue weighted by Crippen LogP contribution is 2.19. The Labute approximate surface area is 169 Å². The highest BCUT2D eigenvalue weighted by molar-refractivity contribution is 5.80. The van der Waals surface area contributed by atoms with Crippen LogP contribution >= 0.6 is 0 Å². The smallest absolute Gasteiger partial charge is 0.221 e. The van der Waals surface area contributed by atoms with E-state index in [9.17, 15) is 4.79 Å². The van der Waals surface area contributed by atoms with Crippen molar-refractivity contribution < 1.29 is 4.79 Å². The predicted molar refractivity (Wildman–Crippen MR) is 114 cm³/mol. The Hall–Kier alpha value is -2.08. The summed E-state index contributed by atoms with van der Waals surface area (Å²) in [5.74, 6) is 1.64. The molecule has 2 aliphatic rings. The van der Waals surface area contributed by atoms with Crippen molar-refractivity contribution in [2.75, 3.05) is 33.2 Å². The zero-order chi connectivity index (χ0) is 19.9. The summed E-state index contributed by atoms with van der Waals surface area (Å²) in [4.78, 5) is 20.7. The standard InChI is InChI=1S/C22H35N5O/c1-17-8-11-27(12-9-17)22(24-2)25-14-18-5-3-6-19(13-18)15-26-10-4-7-20(16-26)21(23)28/h3,5-6,13,17,20H,4,7-12,14-16H2,1-2H3,(H2,23,28)(H,24,25). The number of nitrogens with zero attached hydrogens (tertiary/aromatic N) is 3. The van der Waals surface area contributed by atoms with Crippen LogP contribution in [0.3, 0.4) is 0 Å². The van der Waals surface area contributed by atoms with Gasteiger partial charge >= 0.3 is 0 Å². The van der Waals surface area contributed by atoms with Crippen LogP contribution < -0.4 is 11.1 Å². The molecule has 0 radical (unpaired) electrons. The van der Waals surface area contributed by atoms with Crippen LogP contribution in [0.4, 0.5) is 0 Å². The van der Waals surface area contributed by atoms with Gasteiger partial charge in [-0.25, -0.2) is 0 Å². The lowest BCUT2D eigenvalue weighted by Crippen LogP contribution is -2.45. The van der Waals surface area contributed by atoms with Crippen molar-refractivity contribution in [3.63, 3.8) is 0 Å². The van der Waals surface area contributed by atoms with Crippen LogP contribution in [0.5, 0.6) is 0 Å². The molecule has 3 N–H and O–H groups in total. The summed E-state index contributed by atoms with van der Waals surface area (Å²) < 4.78 is 0. The maximum absolute atomic E-state index is 11.5. The van der Waals surface area contributed by atoms with E-state index < -0.39 is 0 Å². The van der Waals surface area contributed by atoms with Crippen LogP contribution in [0.15, 0.2) is 29.3 Å². The van der Waals surface area contributed by atoms with Crippen molar-refractivity contribution in [3.05, 3.63) is 35.4 Å². The minimum atomic E-state index is -0.166. The van der Waals surface area contributed by atoms with Gasteiger partial charge in [0.2, 0.25) is 5.91 Å². The third-order valence-corrected chi connectivity index (χ3v) is 6.05. The number of guanidine groups is 1. The number of hydrogen-bond acceptors (Lipinski definition) is 3. The molecule has 0 aromatic heterocycles. The van der Waals surface area contributed by atoms with E-state index in [4.69, 9.17) is 5.73 Å². The molecule has 2 aliphatic heterocycles. The molecule has 1 amide bonds. The van der Waals surface area contributed by atoms with E-state index in [2.05, 4.69) is 51.3 Å². The lowest BCUT2D eigenvalue weighted by molar-refractivity contribution is -0.123. The van der Waals surface area contributed by atoms with Gasteiger partial charge in [-0.15, -0.1) is 0 Å². The van der Waals surface area contributed by atoms with Gasteiger partial charge < -0.3 is 16.0 Å². The number of aliphatic imine (C=N–C) groups is 1. The lowest BCUT2D eigenvalue weighted by atomic mass is 9.97. The number of carbonyl (C=O) groups excluding carboxylic acids is 1. The van der Waals surface area contributed by atoms with Crippen molar-refractivity contribution in [3.8, 4) is 0 Å². The molecule has 2 heterocycles. The molecule has 3 rings (SSSR count). The summed E-state index contributed by atoms with van der Waals surface area (Å²) in [6.07, 6.45) is 4.43. The maximum atomic E-state index is 11.5. The highest BCUT2D eigenvalue weighted by atomic mass is 16.1. The average molecular weight is 386 g/mol. The van der Waals surface area contributed by atoms with E-state index in [-0.39, 0.29) is 11.8 Å². The van der Waals surface area contributed by atoms with E-state index in [1.807, 2.05) is 7.05 Å². The molecule has 1 aromatic rings. The Kier molecular flexibility index (Phi) is 7.31. The molecule has 6 heteroatoms. The van der Waals surface area contributed by atoms with E-state index in [1.54, 1.807) is 0 Å². The van der Waals surface area contributed by atoms with Gasteiger partial charge in [0.05, 0.1) is 5.92 Å². The fourth-order valence-corrected chi connectivity index (χ4v) is 4.26. The maximum Gasteiger partial charge on any atom is 0.221 e. The first-order valence-electron chi connectivity index (χ1n) is 10.6. The zero-order valence-corrected chi connectivity index (χ0v) is 17.4. The molecule has 1 unspecified atom stereocenters. The molecule has 0 aliphatic carbocycles. The minimum Gasteiger partial charge on any atom is -0.369 e. The van der Waals surface area contributed by atoms with Crippen molar-refractivity contribution in [1.29, 1.82) is 0 Å². The Bertz CT molecular complexity index is 681. The molecule has 154 valence electrons. The molecule has 1 atom stereocenters. The van der Waals surface area contributed by atoms with Gasteiger partial charge in [0.1, 0.15) is 0 Å². The number of piperidine rings is 2. The third kappa shape index (κ3) is 5.71. The van der Waals surface area contributed by atoms with Crippen molar-refractivity contribution >= 4 is 11.9 Å². The summed E-state index contributed by atoms with van der Waals surface area (Å²) in [5.41, 5.74) is 8.05. The van der Waals surface area contributed by atoms with Crippen molar-refractivity contribution in [1.82, 2.24) is 15.1 Å². The van der Waals surface area contributed by atoms with E-state index in [0.29, 0.717) is 0 Å². The van der Waals surface area contributed by atoms with Gasteiger partial charge in [0, 0.05) is 39.8 Å². The van der Waals surface area contributed by atoms with Crippen LogP contribution in [0, 0.1) is 11.8 Å². The van der Waals surface area contributed by atoms with Crippen LogP contribution in [0.2, 0.25) is 0 Å². The molecule has 1 aromatic carbocycles. The molecule has 28 heavy (non-hydrogen) atoms. The number of carbonyl (C=O) groups is 1. The second-order valence-corrected chi connectivity index (χ2v) is 8.37. The normalized spacial score (nSPS) is 22.3. The molecule has 6 nitrogen and oxygen atoms in total. The molecule has 0 saturated carbocycles. The van der Waals surface area contributed by atoms with Crippen molar-refractivity contribution in [2.24, 2.45) is 22.6 Å². The second kappa shape index (κ2) is 9.92. The fraction of sp³-hybridized carbons (Fsp3) is 0.636. The summed E-state index contributed by atoms with van der Waals surface area (Å²) in [6.45, 7) is 7.94. The van der Waals surface area contributed by atoms with Crippen LogP contribution in [0.1, 0.15) is 43.7 Å². The van der Waals surface area contributed by atoms with Gasteiger partial charge in [-0.2, -0.15) is 0 Å². The largest absolute Gasteiger partial charge is 0.369 e. The number of nitrogens with two attached hydrogens (primary N) is 1. The number of likely N-dealkylation sites (tertiary alicyclic amines) is 2. The summed E-state index contributed by atoms with van der Waals surface area (Å²) in [7, 11) is 1.86. The lowest BCUT2D eigenvalue weighted by Gasteiger charge is -2.33. The van der Waals surface area contributed by atoms with Crippen LogP contribution in [-0.4, -0.2) is 54.9 Å². The Balaban J connectivity index is 1.53. The summed E-state index contributed by atoms with van der Waals surface area (Å²) >= 11 is 0. The van der Waals surface area contributed by atoms with Gasteiger partial charge in [0.15, 0.2) is 5.96 Å². The van der Waals surface area contributed by atoms with E-state index in [0.717, 1.165) is 64.0 Å². The predicted octanol–water partition coefficient (Wildman–Crippen LogP) is 2.19. The molecule has 0 bridgehead atoms. The van der Waals surface area contributed by atoms with Gasteiger partial charge in [-0.3, -0.25) is 14.7 Å². The molecule has 2 saturated heterocycles. The van der Waals surface area contributed by atoms with Gasteiger partial charge in [-0.1, -0.05) is 31.2 Å². The monoisotopic (exact) mass is 385 g/mol. The topological polar surface area (TPSA) is 74.0 Å². The number of hydrogen-bond donors (Lipinski definition) is 2. The molecular formula is C22H35N5O. The van der Waals surface area contributed by atoms with Crippen LogP contribution in [-0.2, 0) is 17.9 Å². The number of benzene rings is 1. The molecule has 2 fully saturated rings. The summed E-state index contributed by atoms with van der Waals surface area (Å²) in [5, 5.41) is 3.52. The summed E-state index contributed by atoms with van der Waals surface area (Å²) in [6, 6.07) is 8.70. The van der Waals surface area contributed by atoms with Crippen molar-refractivity contribution in [2.45, 2.75) is 45.7 Å². The van der Waals surface area contributed by atoms with Gasteiger partial charge in [0.25, 0.3) is 0 Å². The Morgan fingerprint density at radius 3 is 2.68 bits per heavy atom. The highest BCUT2D eigenvalue weighted by Gasteiger charge is 2.24. The first kappa shape index (κ1) is 20.6. The first-order chi connectivity index (χ1) is 13.5. The number of amides is 1. The van der Waals surface area contributed by atoms with E-state index in [1.165, 1.54) is 24.0 Å². The van der Waals surface area contributed by atoms with Crippen LogP contribution in [0.25, 0.3) is 0 Å². The Morgan fingerprint density at radius 2 is 1.96 bits per heavy atom. The quantitative estimate of drug-likeness (QED) is 0.602. The first-order valence-corrected chi connectivity index (χ1v) is 10.6. The van der Waals surface area contributed by atoms with E-state index >= 15 is 0 Å². The second-order valence-electron chi connectivity index (χ2n) is 8.37. The third-order valence-electron chi connectivity index (χ3n) is 6.05. The number of nitrogens with one attached hydrogen (secondary N) is 1. The average Bonchev–Trinajstić information content (AvgIpc) is 2.70. The number of primary amides is 1. The zero-order valence-electron chi connectivity index (χ0n) is 17.4. The SMILES string of the molecule is CN=C(NCc1cccc(CN2CCCC(C(N)=O)C2)c1)N1CCC(C)CC1. The molecule has 0 spiro atoms. The minimum absolute atomic E-state index is 0.00538.